The van der Waals surface area contributed by atoms with Gasteiger partial charge in [0.2, 0.25) is 5.91 Å². The third-order valence-electron chi connectivity index (χ3n) is 4.20. The van der Waals surface area contributed by atoms with Crippen LogP contribution in [0.2, 0.25) is 0 Å². The summed E-state index contributed by atoms with van der Waals surface area (Å²) in [6.45, 7) is 5.09. The number of nitrogens with one attached hydrogen (secondary N) is 2. The van der Waals surface area contributed by atoms with Crippen molar-refractivity contribution < 1.29 is 9.53 Å². The number of carbonyl (C=O) groups excluding carboxylic acids is 1. The van der Waals surface area contributed by atoms with Crippen LogP contribution in [0.15, 0.2) is 24.3 Å². The maximum Gasteiger partial charge on any atom is 0.220 e. The fraction of sp³-hybridized carbons (Fsp3) is 0.588. The molecule has 4 heteroatoms. The van der Waals surface area contributed by atoms with Crippen LogP contribution in [0.25, 0.3) is 0 Å². The summed E-state index contributed by atoms with van der Waals surface area (Å²) in [6, 6.07) is 7.89. The van der Waals surface area contributed by atoms with E-state index in [0.717, 1.165) is 37.4 Å². The Morgan fingerprint density at radius 3 is 2.76 bits per heavy atom. The molecule has 1 unspecified atom stereocenters. The highest BCUT2D eigenvalue weighted by Crippen LogP contribution is 2.24. The van der Waals surface area contributed by atoms with Crippen molar-refractivity contribution in [1.29, 1.82) is 0 Å². The van der Waals surface area contributed by atoms with E-state index in [9.17, 15) is 4.79 Å². The summed E-state index contributed by atoms with van der Waals surface area (Å²) in [4.78, 5) is 12.0. The van der Waals surface area contributed by atoms with Crippen LogP contribution in [0.1, 0.15) is 31.7 Å². The SMILES string of the molecule is COc1ccc(CCC(=O)NCC2(C)CCCNC2)cc1. The largest absolute Gasteiger partial charge is 0.497 e. The lowest BCUT2D eigenvalue weighted by Crippen LogP contribution is -2.45. The summed E-state index contributed by atoms with van der Waals surface area (Å²) in [5.41, 5.74) is 1.37. The Hall–Kier alpha value is -1.55. The zero-order valence-electron chi connectivity index (χ0n) is 13.1. The van der Waals surface area contributed by atoms with Gasteiger partial charge in [0.05, 0.1) is 7.11 Å². The Labute approximate surface area is 127 Å². The minimum absolute atomic E-state index is 0.137. The van der Waals surface area contributed by atoms with E-state index < -0.39 is 0 Å². The molecule has 2 N–H and O–H groups in total. The van der Waals surface area contributed by atoms with Gasteiger partial charge >= 0.3 is 0 Å². The molecule has 1 aliphatic heterocycles. The molecule has 0 radical (unpaired) electrons. The lowest BCUT2D eigenvalue weighted by molar-refractivity contribution is -0.121. The minimum atomic E-state index is 0.137. The molecule has 116 valence electrons. The van der Waals surface area contributed by atoms with E-state index in [-0.39, 0.29) is 11.3 Å². The molecule has 1 heterocycles. The summed E-state index contributed by atoms with van der Waals surface area (Å²) in [6.07, 6.45) is 3.68. The van der Waals surface area contributed by atoms with Gasteiger partial charge in [-0.1, -0.05) is 19.1 Å². The molecule has 1 amide bonds. The molecule has 21 heavy (non-hydrogen) atoms. The van der Waals surface area contributed by atoms with Crippen LogP contribution in [0.3, 0.4) is 0 Å². The molecule has 0 spiro atoms. The Bertz CT molecular complexity index is 450. The third-order valence-corrected chi connectivity index (χ3v) is 4.20. The lowest BCUT2D eigenvalue weighted by Gasteiger charge is -2.34. The number of hydrogen-bond acceptors (Lipinski definition) is 3. The van der Waals surface area contributed by atoms with E-state index in [1.54, 1.807) is 7.11 Å². The predicted octanol–water partition coefficient (Wildman–Crippen LogP) is 2.13. The molecule has 1 aromatic carbocycles. The Kier molecular flexibility index (Phi) is 5.62. The first kappa shape index (κ1) is 15.8. The van der Waals surface area contributed by atoms with Crippen molar-refractivity contribution in [2.24, 2.45) is 5.41 Å². The molecule has 1 aromatic rings. The number of benzene rings is 1. The second kappa shape index (κ2) is 7.46. The zero-order chi connectivity index (χ0) is 15.1. The van der Waals surface area contributed by atoms with Crippen LogP contribution < -0.4 is 15.4 Å². The normalized spacial score (nSPS) is 21.8. The van der Waals surface area contributed by atoms with Gasteiger partial charge in [0.15, 0.2) is 0 Å². The molecule has 1 atom stereocenters. The summed E-state index contributed by atoms with van der Waals surface area (Å²) < 4.78 is 5.13. The van der Waals surface area contributed by atoms with Gasteiger partial charge in [0, 0.05) is 19.5 Å². The van der Waals surface area contributed by atoms with Crippen molar-refractivity contribution in [2.75, 3.05) is 26.7 Å². The van der Waals surface area contributed by atoms with Crippen molar-refractivity contribution in [3.8, 4) is 5.75 Å². The van der Waals surface area contributed by atoms with E-state index in [2.05, 4.69) is 17.6 Å². The highest BCUT2D eigenvalue weighted by Gasteiger charge is 2.26. The van der Waals surface area contributed by atoms with Crippen molar-refractivity contribution in [2.45, 2.75) is 32.6 Å². The molecule has 1 fully saturated rings. The van der Waals surface area contributed by atoms with E-state index in [0.29, 0.717) is 6.42 Å². The monoisotopic (exact) mass is 290 g/mol. The number of rotatable bonds is 6. The third kappa shape index (κ3) is 5.05. The second-order valence-electron chi connectivity index (χ2n) is 6.22. The van der Waals surface area contributed by atoms with Gasteiger partial charge in [-0.25, -0.2) is 0 Å². The van der Waals surface area contributed by atoms with Crippen molar-refractivity contribution in [1.82, 2.24) is 10.6 Å². The lowest BCUT2D eigenvalue weighted by atomic mass is 9.83. The van der Waals surface area contributed by atoms with E-state index in [4.69, 9.17) is 4.74 Å². The number of methoxy groups -OCH3 is 1. The van der Waals surface area contributed by atoms with Gasteiger partial charge in [0.1, 0.15) is 5.75 Å². The maximum atomic E-state index is 12.0. The molecule has 1 saturated heterocycles. The van der Waals surface area contributed by atoms with Crippen molar-refractivity contribution >= 4 is 5.91 Å². The molecule has 1 aliphatic rings. The second-order valence-corrected chi connectivity index (χ2v) is 6.22. The fourth-order valence-electron chi connectivity index (χ4n) is 2.72. The standard InChI is InChI=1S/C17H26N2O2/c1-17(10-3-11-18-12-17)13-19-16(20)9-6-14-4-7-15(21-2)8-5-14/h4-5,7-8,18H,3,6,9-13H2,1-2H3,(H,19,20). The smallest absolute Gasteiger partial charge is 0.220 e. The van der Waals surface area contributed by atoms with Gasteiger partial charge < -0.3 is 15.4 Å². The topological polar surface area (TPSA) is 50.4 Å². The first-order chi connectivity index (χ1) is 10.1. The van der Waals surface area contributed by atoms with Crippen LogP contribution in [0.4, 0.5) is 0 Å². The van der Waals surface area contributed by atoms with Crippen LogP contribution >= 0.6 is 0 Å². The first-order valence-corrected chi connectivity index (χ1v) is 7.72. The molecular formula is C17H26N2O2. The molecular weight excluding hydrogens is 264 g/mol. The molecule has 0 saturated carbocycles. The predicted molar refractivity (Wildman–Crippen MR) is 84.5 cm³/mol. The van der Waals surface area contributed by atoms with Crippen LogP contribution in [0.5, 0.6) is 5.75 Å². The van der Waals surface area contributed by atoms with Crippen molar-refractivity contribution in [3.05, 3.63) is 29.8 Å². The van der Waals surface area contributed by atoms with E-state index in [1.165, 1.54) is 12.8 Å². The number of carbonyl (C=O) groups is 1. The average Bonchev–Trinajstić information content (AvgIpc) is 2.52. The minimum Gasteiger partial charge on any atom is -0.497 e. The maximum absolute atomic E-state index is 12.0. The summed E-state index contributed by atoms with van der Waals surface area (Å²) >= 11 is 0. The molecule has 0 aromatic heterocycles. The summed E-state index contributed by atoms with van der Waals surface area (Å²) in [5, 5.41) is 6.49. The highest BCUT2D eigenvalue weighted by atomic mass is 16.5. The first-order valence-electron chi connectivity index (χ1n) is 7.72. The van der Waals surface area contributed by atoms with Gasteiger partial charge in [-0.2, -0.15) is 0 Å². The van der Waals surface area contributed by atoms with E-state index in [1.807, 2.05) is 24.3 Å². The average molecular weight is 290 g/mol. The van der Waals surface area contributed by atoms with Crippen LogP contribution in [0, 0.1) is 5.41 Å². The van der Waals surface area contributed by atoms with Gasteiger partial charge in [-0.15, -0.1) is 0 Å². The van der Waals surface area contributed by atoms with Gasteiger partial charge in [-0.05, 0) is 48.9 Å². The Morgan fingerprint density at radius 1 is 1.38 bits per heavy atom. The Balaban J connectivity index is 1.71. The van der Waals surface area contributed by atoms with Gasteiger partial charge in [-0.3, -0.25) is 4.79 Å². The number of aryl methyl sites for hydroxylation is 1. The summed E-state index contributed by atoms with van der Waals surface area (Å²) in [5.74, 6) is 0.985. The summed E-state index contributed by atoms with van der Waals surface area (Å²) in [7, 11) is 1.66. The molecule has 0 bridgehead atoms. The van der Waals surface area contributed by atoms with Gasteiger partial charge in [0.25, 0.3) is 0 Å². The molecule has 2 rings (SSSR count). The van der Waals surface area contributed by atoms with E-state index >= 15 is 0 Å². The van der Waals surface area contributed by atoms with Crippen LogP contribution in [-0.2, 0) is 11.2 Å². The molecule has 4 nitrogen and oxygen atoms in total. The number of piperidine rings is 1. The zero-order valence-corrected chi connectivity index (χ0v) is 13.1. The van der Waals surface area contributed by atoms with Crippen molar-refractivity contribution in [3.63, 3.8) is 0 Å². The van der Waals surface area contributed by atoms with Crippen LogP contribution in [-0.4, -0.2) is 32.7 Å². The Morgan fingerprint density at radius 2 is 2.14 bits per heavy atom. The number of ether oxygens (including phenoxy) is 1. The molecule has 0 aliphatic carbocycles. The highest BCUT2D eigenvalue weighted by molar-refractivity contribution is 5.76. The fourth-order valence-corrected chi connectivity index (χ4v) is 2.72. The number of amides is 1. The number of hydrogen-bond donors (Lipinski definition) is 2. The quantitative estimate of drug-likeness (QED) is 0.844.